The van der Waals surface area contributed by atoms with E-state index < -0.39 is 0 Å². The van der Waals surface area contributed by atoms with Crippen molar-refractivity contribution in [3.8, 4) is 11.3 Å². The number of carbonyl (C=O) groups excluding carboxylic acids is 1. The van der Waals surface area contributed by atoms with Crippen LogP contribution in [-0.2, 0) is 4.74 Å². The van der Waals surface area contributed by atoms with Crippen LogP contribution in [0.5, 0.6) is 0 Å². The van der Waals surface area contributed by atoms with Crippen molar-refractivity contribution in [2.24, 2.45) is 0 Å². The van der Waals surface area contributed by atoms with Crippen molar-refractivity contribution in [1.29, 1.82) is 0 Å². The third kappa shape index (κ3) is 4.94. The molecule has 10 nitrogen and oxygen atoms in total. The van der Waals surface area contributed by atoms with Gasteiger partial charge in [-0.15, -0.1) is 0 Å². The van der Waals surface area contributed by atoms with E-state index in [1.54, 1.807) is 31.7 Å². The Kier molecular flexibility index (Phi) is 6.94. The van der Waals surface area contributed by atoms with E-state index in [0.29, 0.717) is 37.1 Å². The van der Waals surface area contributed by atoms with E-state index in [9.17, 15) is 4.79 Å². The Balaban J connectivity index is 1.30. The van der Waals surface area contributed by atoms with Crippen molar-refractivity contribution in [3.05, 3.63) is 66.4 Å². The number of hydrogen-bond acceptors (Lipinski definition) is 9. The standard InChI is InChI=1S/C26H28N8O2/c1-17(19-4-3-5-20-21(25(35)27-2)6-7-28-24(19)20)13-29-23-12-22(32-16-33-23)18-14-30-26(31-15-18)34-8-10-36-11-9-34/h3-7,12,14-17H,8-11,13H2,1-2H3,(H,27,35)(H,29,32,33). The maximum atomic E-state index is 12.3. The third-order valence-corrected chi connectivity index (χ3v) is 6.29. The molecule has 2 N–H and O–H groups in total. The number of benzene rings is 1. The van der Waals surface area contributed by atoms with Crippen LogP contribution < -0.4 is 15.5 Å². The van der Waals surface area contributed by atoms with E-state index in [2.05, 4.69) is 47.4 Å². The molecule has 5 rings (SSSR count). The van der Waals surface area contributed by atoms with E-state index in [1.165, 1.54) is 6.33 Å². The van der Waals surface area contributed by atoms with Crippen LogP contribution in [0, 0.1) is 0 Å². The summed E-state index contributed by atoms with van der Waals surface area (Å²) in [6.07, 6.45) is 6.80. The highest BCUT2D eigenvalue weighted by Gasteiger charge is 2.16. The summed E-state index contributed by atoms with van der Waals surface area (Å²) in [5.41, 5.74) is 4.08. The highest BCUT2D eigenvalue weighted by Crippen LogP contribution is 2.27. The van der Waals surface area contributed by atoms with Gasteiger partial charge in [-0.05, 0) is 11.6 Å². The second-order valence-corrected chi connectivity index (χ2v) is 8.62. The lowest BCUT2D eigenvalue weighted by atomic mass is 9.96. The number of nitrogens with zero attached hydrogens (tertiary/aromatic N) is 6. The first-order valence-corrected chi connectivity index (χ1v) is 11.9. The number of anilines is 2. The number of pyridine rings is 1. The van der Waals surface area contributed by atoms with Crippen molar-refractivity contribution in [2.75, 3.05) is 50.1 Å². The lowest BCUT2D eigenvalue weighted by Gasteiger charge is -2.26. The van der Waals surface area contributed by atoms with Crippen LogP contribution in [0.2, 0.25) is 0 Å². The summed E-state index contributed by atoms with van der Waals surface area (Å²) < 4.78 is 5.40. The fourth-order valence-corrected chi connectivity index (χ4v) is 4.29. The van der Waals surface area contributed by atoms with Crippen LogP contribution in [0.3, 0.4) is 0 Å². The first-order valence-electron chi connectivity index (χ1n) is 11.9. The largest absolute Gasteiger partial charge is 0.378 e. The average molecular weight is 485 g/mol. The quantitative estimate of drug-likeness (QED) is 0.408. The van der Waals surface area contributed by atoms with Gasteiger partial charge in [0.1, 0.15) is 12.1 Å². The molecule has 10 heteroatoms. The molecule has 4 heterocycles. The zero-order chi connectivity index (χ0) is 24.9. The lowest BCUT2D eigenvalue weighted by molar-refractivity contribution is 0.0964. The summed E-state index contributed by atoms with van der Waals surface area (Å²) in [4.78, 5) is 36.8. The molecular formula is C26H28N8O2. The number of nitrogens with one attached hydrogen (secondary N) is 2. The number of amides is 1. The molecule has 1 aliphatic heterocycles. The Labute approximate surface area is 209 Å². The molecule has 0 saturated carbocycles. The van der Waals surface area contributed by atoms with Crippen LogP contribution in [0.1, 0.15) is 28.8 Å². The van der Waals surface area contributed by atoms with Gasteiger partial charge in [0.25, 0.3) is 5.91 Å². The van der Waals surface area contributed by atoms with E-state index in [-0.39, 0.29) is 11.8 Å². The van der Waals surface area contributed by atoms with Crippen LogP contribution in [0.4, 0.5) is 11.8 Å². The second kappa shape index (κ2) is 10.6. The smallest absolute Gasteiger partial charge is 0.251 e. The van der Waals surface area contributed by atoms with Crippen molar-refractivity contribution in [3.63, 3.8) is 0 Å². The molecule has 0 radical (unpaired) electrons. The molecule has 36 heavy (non-hydrogen) atoms. The van der Waals surface area contributed by atoms with Gasteiger partial charge in [0.15, 0.2) is 0 Å². The van der Waals surface area contributed by atoms with Gasteiger partial charge in [0.05, 0.1) is 30.0 Å². The maximum absolute atomic E-state index is 12.3. The molecule has 3 aromatic heterocycles. The van der Waals surface area contributed by atoms with E-state index >= 15 is 0 Å². The molecule has 1 amide bonds. The number of carbonyl (C=O) groups is 1. The van der Waals surface area contributed by atoms with Crippen molar-refractivity contribution < 1.29 is 9.53 Å². The minimum Gasteiger partial charge on any atom is -0.378 e. The highest BCUT2D eigenvalue weighted by molar-refractivity contribution is 6.06. The SMILES string of the molecule is CNC(=O)c1ccnc2c(C(C)CNc3cc(-c4cnc(N5CCOCC5)nc4)ncn3)cccc12. The number of aromatic nitrogens is 5. The second-order valence-electron chi connectivity index (χ2n) is 8.62. The average Bonchev–Trinajstić information content (AvgIpc) is 2.95. The van der Waals surface area contributed by atoms with Gasteiger partial charge in [-0.2, -0.15) is 0 Å². The Morgan fingerprint density at radius 2 is 1.89 bits per heavy atom. The molecule has 0 aliphatic carbocycles. The van der Waals surface area contributed by atoms with Crippen LogP contribution in [-0.4, -0.2) is 70.7 Å². The number of rotatable bonds is 7. The summed E-state index contributed by atoms with van der Waals surface area (Å²) in [6, 6.07) is 9.58. The summed E-state index contributed by atoms with van der Waals surface area (Å²) in [7, 11) is 1.63. The summed E-state index contributed by atoms with van der Waals surface area (Å²) in [5.74, 6) is 1.41. The summed E-state index contributed by atoms with van der Waals surface area (Å²) in [6.45, 7) is 5.71. The molecular weight excluding hydrogens is 456 g/mol. The topological polar surface area (TPSA) is 118 Å². The highest BCUT2D eigenvalue weighted by atomic mass is 16.5. The molecule has 1 atom stereocenters. The van der Waals surface area contributed by atoms with Gasteiger partial charge >= 0.3 is 0 Å². The number of morpholine rings is 1. The first kappa shape index (κ1) is 23.6. The molecule has 4 aromatic rings. The molecule has 1 aromatic carbocycles. The summed E-state index contributed by atoms with van der Waals surface area (Å²) in [5, 5.41) is 6.94. The van der Waals surface area contributed by atoms with Gasteiger partial charge < -0.3 is 20.3 Å². The lowest BCUT2D eigenvalue weighted by Crippen LogP contribution is -2.37. The fourth-order valence-electron chi connectivity index (χ4n) is 4.29. The normalized spacial score (nSPS) is 14.4. The minimum absolute atomic E-state index is 0.121. The van der Waals surface area contributed by atoms with Gasteiger partial charge in [-0.1, -0.05) is 25.1 Å². The van der Waals surface area contributed by atoms with Gasteiger partial charge in [-0.25, -0.2) is 19.9 Å². The number of ether oxygens (including phenoxy) is 1. The monoisotopic (exact) mass is 484 g/mol. The van der Waals surface area contributed by atoms with Crippen LogP contribution >= 0.6 is 0 Å². The number of hydrogen-bond donors (Lipinski definition) is 2. The number of fused-ring (bicyclic) bond motifs is 1. The minimum atomic E-state index is -0.124. The van der Waals surface area contributed by atoms with E-state index in [0.717, 1.165) is 40.8 Å². The van der Waals surface area contributed by atoms with Crippen LogP contribution in [0.15, 0.2) is 55.2 Å². The molecule has 0 spiro atoms. The van der Waals surface area contributed by atoms with Gasteiger partial charge in [0.2, 0.25) is 5.95 Å². The molecule has 1 fully saturated rings. The van der Waals surface area contributed by atoms with Crippen molar-refractivity contribution in [1.82, 2.24) is 30.2 Å². The van der Waals surface area contributed by atoms with Crippen molar-refractivity contribution >= 4 is 28.6 Å². The van der Waals surface area contributed by atoms with Gasteiger partial charge in [0, 0.05) is 68.2 Å². The Hall–Kier alpha value is -4.18. The van der Waals surface area contributed by atoms with Crippen molar-refractivity contribution in [2.45, 2.75) is 12.8 Å². The van der Waals surface area contributed by atoms with Gasteiger partial charge in [-0.3, -0.25) is 9.78 Å². The fraction of sp³-hybridized carbons (Fsp3) is 0.308. The molecule has 0 bridgehead atoms. The van der Waals surface area contributed by atoms with E-state index in [1.807, 2.05) is 24.3 Å². The Bertz CT molecular complexity index is 1360. The number of para-hydroxylation sites is 1. The molecule has 1 saturated heterocycles. The first-order chi connectivity index (χ1) is 17.6. The zero-order valence-corrected chi connectivity index (χ0v) is 20.3. The maximum Gasteiger partial charge on any atom is 0.251 e. The molecule has 1 aliphatic rings. The predicted octanol–water partition coefficient (Wildman–Crippen LogP) is 2.89. The Morgan fingerprint density at radius 1 is 1.08 bits per heavy atom. The zero-order valence-electron chi connectivity index (χ0n) is 20.3. The third-order valence-electron chi connectivity index (χ3n) is 6.29. The van der Waals surface area contributed by atoms with Crippen LogP contribution in [0.25, 0.3) is 22.2 Å². The summed E-state index contributed by atoms with van der Waals surface area (Å²) >= 11 is 0. The van der Waals surface area contributed by atoms with E-state index in [4.69, 9.17) is 4.74 Å². The predicted molar refractivity (Wildman–Crippen MR) is 138 cm³/mol. The Morgan fingerprint density at radius 3 is 2.67 bits per heavy atom. The molecule has 1 unspecified atom stereocenters. The molecule has 184 valence electrons.